The van der Waals surface area contributed by atoms with Crippen LogP contribution in [0.4, 0.5) is 0 Å². The molecule has 0 saturated carbocycles. The molecule has 1 aliphatic carbocycles. The minimum absolute atomic E-state index is 0.0573. The topological polar surface area (TPSA) is 72.8 Å². The lowest BCUT2D eigenvalue weighted by Crippen LogP contribution is -2.28. The van der Waals surface area contributed by atoms with Gasteiger partial charge in [0.15, 0.2) is 0 Å². The molecule has 59 heavy (non-hydrogen) atoms. The van der Waals surface area contributed by atoms with E-state index >= 15 is 0 Å². The molecule has 0 saturated heterocycles. The van der Waals surface area contributed by atoms with Crippen LogP contribution in [0.25, 0.3) is 0 Å². The molecule has 1 N–H and O–H groups in total. The van der Waals surface area contributed by atoms with Gasteiger partial charge in [0.1, 0.15) is 0 Å². The van der Waals surface area contributed by atoms with E-state index in [0.717, 1.165) is 83.5 Å². The van der Waals surface area contributed by atoms with Crippen LogP contribution in [0.15, 0.2) is 116 Å². The maximum absolute atomic E-state index is 12.9. The normalized spacial score (nSPS) is 16.6. The summed E-state index contributed by atoms with van der Waals surface area (Å²) in [5, 5.41) is 11.0. The Balaban J connectivity index is 2.33. The molecule has 0 aromatic carbocycles. The zero-order valence-electron chi connectivity index (χ0n) is 39.9. The lowest BCUT2D eigenvalue weighted by Gasteiger charge is -2.25. The Bertz CT molecular complexity index is 1670. The van der Waals surface area contributed by atoms with Crippen molar-refractivity contribution in [2.45, 2.75) is 197 Å². The molecule has 0 bridgehead atoms. The van der Waals surface area contributed by atoms with Crippen LogP contribution >= 0.6 is 0 Å². The van der Waals surface area contributed by atoms with Crippen LogP contribution in [0.3, 0.4) is 0 Å². The molecule has 0 radical (unpaired) electrons. The lowest BCUT2D eigenvalue weighted by atomic mass is 9.85. The third-order valence-electron chi connectivity index (χ3n) is 11.5. The summed E-state index contributed by atoms with van der Waals surface area (Å²) in [6.07, 6.45) is 36.7. The van der Waals surface area contributed by atoms with Gasteiger partial charge in [-0.1, -0.05) is 93.2 Å². The van der Waals surface area contributed by atoms with Gasteiger partial charge in [-0.15, -0.1) is 0 Å². The van der Waals surface area contributed by atoms with Gasteiger partial charge in [-0.25, -0.2) is 0 Å². The summed E-state index contributed by atoms with van der Waals surface area (Å²) in [5.41, 5.74) is 11.5. The van der Waals surface area contributed by atoms with E-state index in [1.807, 2.05) is 0 Å². The maximum Gasteiger partial charge on any atom is 0.228 e. The molecule has 5 heteroatoms. The third-order valence-corrected chi connectivity index (χ3v) is 11.5. The van der Waals surface area contributed by atoms with Crippen molar-refractivity contribution in [2.24, 2.45) is 0 Å². The van der Waals surface area contributed by atoms with Crippen LogP contribution in [0, 0.1) is 0 Å². The van der Waals surface area contributed by atoms with Gasteiger partial charge in [-0.05, 0) is 192 Å². The van der Waals surface area contributed by atoms with E-state index in [4.69, 9.17) is 9.47 Å². The Morgan fingerprint density at radius 1 is 0.475 bits per heavy atom. The van der Waals surface area contributed by atoms with Crippen molar-refractivity contribution in [1.29, 1.82) is 0 Å². The van der Waals surface area contributed by atoms with Gasteiger partial charge in [0.25, 0.3) is 0 Å². The third kappa shape index (κ3) is 23.6. The van der Waals surface area contributed by atoms with Crippen LogP contribution in [0.1, 0.15) is 192 Å². The second-order valence-electron chi connectivity index (χ2n) is 17.8. The van der Waals surface area contributed by atoms with Gasteiger partial charge < -0.3 is 14.6 Å². The maximum atomic E-state index is 12.9. The summed E-state index contributed by atoms with van der Waals surface area (Å²) in [7, 11) is 2.72. The highest BCUT2D eigenvalue weighted by Crippen LogP contribution is 2.31. The number of carbonyl (C=O) groups is 2. The molecular weight excluding hydrogens is 729 g/mol. The van der Waals surface area contributed by atoms with Crippen molar-refractivity contribution in [3.63, 3.8) is 0 Å². The van der Waals surface area contributed by atoms with Gasteiger partial charge in [0.05, 0.1) is 19.8 Å². The molecule has 0 aromatic rings. The number of aliphatic hydroxyl groups is 1. The van der Waals surface area contributed by atoms with Gasteiger partial charge >= 0.3 is 0 Å². The van der Waals surface area contributed by atoms with E-state index in [9.17, 15) is 14.7 Å². The van der Waals surface area contributed by atoms with E-state index < -0.39 is 5.60 Å². The van der Waals surface area contributed by atoms with Crippen molar-refractivity contribution in [3.05, 3.63) is 116 Å². The average Bonchev–Trinajstić information content (AvgIpc) is 3.15. The summed E-state index contributed by atoms with van der Waals surface area (Å²) in [4.78, 5) is 25.6. The molecule has 0 heterocycles. The van der Waals surface area contributed by atoms with E-state index in [2.05, 4.69) is 111 Å². The first kappa shape index (κ1) is 53.3. The number of hydrogen-bond acceptors (Lipinski definition) is 5. The summed E-state index contributed by atoms with van der Waals surface area (Å²) >= 11 is 0. The SMILES string of the molecule is COC1=C(OC)C(=O)C(CCC(C)(O)CCC=C(C)CCC=C(C)CCC=C(C)CCC=C(C)CCC=C(C)CCC=C(C)CCC=C(C)CCC=C(C)C)=C(C)C1=O. The average molecular weight is 813 g/mol. The number of methoxy groups -OCH3 is 2. The summed E-state index contributed by atoms with van der Waals surface area (Å²) in [6.45, 7) is 23.5. The minimum atomic E-state index is -0.958. The second-order valence-corrected chi connectivity index (χ2v) is 17.8. The fourth-order valence-corrected chi connectivity index (χ4v) is 7.22. The highest BCUT2D eigenvalue weighted by molar-refractivity contribution is 6.23. The molecule has 1 unspecified atom stereocenters. The highest BCUT2D eigenvalue weighted by Gasteiger charge is 2.35. The molecular formula is C54H84O5. The first-order valence-corrected chi connectivity index (χ1v) is 22.5. The fraction of sp³-hybridized carbons (Fsp3) is 0.593. The molecule has 330 valence electrons. The quantitative estimate of drug-likeness (QED) is 0.0601. The number of carbonyl (C=O) groups excluding carboxylic acids is 2. The van der Waals surface area contributed by atoms with Crippen LogP contribution in [0.5, 0.6) is 0 Å². The highest BCUT2D eigenvalue weighted by atomic mass is 16.5. The Morgan fingerprint density at radius 3 is 1.07 bits per heavy atom. The standard InChI is InChI=1S/C54H84O5/c1-40(2)22-14-23-41(3)24-15-25-42(4)26-16-27-43(5)28-17-29-44(6)30-18-31-45(7)32-19-33-46(8)34-20-35-47(9)36-21-38-54(11,57)39-37-49-48(10)50(55)52(58-12)53(59-13)51(49)56/h22,24,26,28,30,32,34,36,57H,14-21,23,25,27,29,31,33,35,37-39H2,1-13H3. The molecule has 1 aliphatic rings. The number of ether oxygens (including phenoxy) is 2. The van der Waals surface area contributed by atoms with Crippen molar-refractivity contribution in [3.8, 4) is 0 Å². The molecule has 0 aliphatic heterocycles. The number of ketones is 2. The molecule has 0 fully saturated rings. The number of allylic oxidation sites excluding steroid dienone is 18. The molecule has 1 atom stereocenters. The predicted molar refractivity (Wildman–Crippen MR) is 253 cm³/mol. The first-order chi connectivity index (χ1) is 27.9. The molecule has 0 aromatic heterocycles. The van der Waals surface area contributed by atoms with E-state index in [1.54, 1.807) is 13.8 Å². The Hall–Kier alpha value is -3.70. The summed E-state index contributed by atoms with van der Waals surface area (Å²) in [6, 6.07) is 0. The Kier molecular flexibility index (Phi) is 26.7. The largest absolute Gasteiger partial charge is 0.489 e. The molecule has 0 spiro atoms. The smallest absolute Gasteiger partial charge is 0.228 e. The van der Waals surface area contributed by atoms with E-state index in [1.165, 1.54) is 71.6 Å². The number of hydrogen-bond donors (Lipinski definition) is 1. The Labute approximate surface area is 362 Å². The predicted octanol–water partition coefficient (Wildman–Crippen LogP) is 15.3. The summed E-state index contributed by atoms with van der Waals surface area (Å²) in [5.74, 6) is -0.803. The number of rotatable bonds is 29. The number of Topliss-reactive ketones (excluding diaryl/α,β-unsaturated/α-hetero) is 2. The van der Waals surface area contributed by atoms with Crippen LogP contribution in [0.2, 0.25) is 0 Å². The molecule has 0 amide bonds. The summed E-state index contributed by atoms with van der Waals surface area (Å²) < 4.78 is 10.3. The first-order valence-electron chi connectivity index (χ1n) is 22.5. The van der Waals surface area contributed by atoms with Gasteiger partial charge in [0, 0.05) is 11.1 Å². The fourth-order valence-electron chi connectivity index (χ4n) is 7.22. The van der Waals surface area contributed by atoms with Gasteiger partial charge in [-0.2, -0.15) is 0 Å². The van der Waals surface area contributed by atoms with Crippen molar-refractivity contribution in [1.82, 2.24) is 0 Å². The van der Waals surface area contributed by atoms with Crippen molar-refractivity contribution in [2.75, 3.05) is 14.2 Å². The van der Waals surface area contributed by atoms with Gasteiger partial charge in [-0.3, -0.25) is 9.59 Å². The second kappa shape index (κ2) is 29.5. The van der Waals surface area contributed by atoms with Gasteiger partial charge in [0.2, 0.25) is 23.1 Å². The molecule has 1 rings (SSSR count). The minimum Gasteiger partial charge on any atom is -0.489 e. The Morgan fingerprint density at radius 2 is 0.763 bits per heavy atom. The lowest BCUT2D eigenvalue weighted by molar-refractivity contribution is -0.121. The van der Waals surface area contributed by atoms with E-state index in [0.29, 0.717) is 30.4 Å². The van der Waals surface area contributed by atoms with Crippen LogP contribution < -0.4 is 0 Å². The zero-order valence-corrected chi connectivity index (χ0v) is 39.9. The van der Waals surface area contributed by atoms with Crippen molar-refractivity contribution < 1.29 is 24.2 Å². The monoisotopic (exact) mass is 813 g/mol. The van der Waals surface area contributed by atoms with Crippen LogP contribution in [-0.2, 0) is 19.1 Å². The van der Waals surface area contributed by atoms with E-state index in [-0.39, 0.29) is 23.1 Å². The van der Waals surface area contributed by atoms with Crippen LogP contribution in [-0.4, -0.2) is 36.5 Å². The zero-order chi connectivity index (χ0) is 44.4. The van der Waals surface area contributed by atoms with Crippen molar-refractivity contribution >= 4 is 11.6 Å². The molecule has 5 nitrogen and oxygen atoms in total.